The number of piperidine rings is 1. The lowest BCUT2D eigenvalue weighted by atomic mass is 9.80. The van der Waals surface area contributed by atoms with Gasteiger partial charge in [0.2, 0.25) is 11.8 Å². The van der Waals surface area contributed by atoms with Crippen molar-refractivity contribution < 1.29 is 31.5 Å². The number of hydrogen-bond donors (Lipinski definition) is 2. The number of carbonyl (C=O) groups excluding carboxylic acids is 2. The number of halogens is 6. The highest BCUT2D eigenvalue weighted by molar-refractivity contribution is 6.34. The van der Waals surface area contributed by atoms with Gasteiger partial charge in [-0.3, -0.25) is 14.5 Å². The summed E-state index contributed by atoms with van der Waals surface area (Å²) in [6.07, 6.45) is -1.90. The zero-order chi connectivity index (χ0) is 30.7. The van der Waals surface area contributed by atoms with E-state index in [1.54, 1.807) is 16.6 Å². The van der Waals surface area contributed by atoms with Crippen molar-refractivity contribution in [3.8, 4) is 11.3 Å². The summed E-state index contributed by atoms with van der Waals surface area (Å²) in [7, 11) is 0. The van der Waals surface area contributed by atoms with Gasteiger partial charge in [-0.25, -0.2) is 31.5 Å². The van der Waals surface area contributed by atoms with E-state index >= 15 is 0 Å². The topological polar surface area (TPSA) is 109 Å². The van der Waals surface area contributed by atoms with Gasteiger partial charge in [0.15, 0.2) is 5.82 Å². The second-order valence-electron chi connectivity index (χ2n) is 11.6. The van der Waals surface area contributed by atoms with Crippen LogP contribution in [0.25, 0.3) is 16.8 Å². The number of amides is 2. The maximum absolute atomic E-state index is 14.8. The lowest BCUT2D eigenvalue weighted by molar-refractivity contribution is -0.159. The molecule has 43 heavy (non-hydrogen) atoms. The number of likely N-dealkylation sites (tertiary alicyclic amines) is 2. The number of fused-ring (bicyclic) bond motifs is 1. The monoisotopic (exact) mass is 625 g/mol. The standard InChI is InChI=1S/C28H29ClF5N7O2/c29-19-2-1-15(7-18(19)25(42)38-21-13-40(12-20(21)30)26(43)17-9-28(33,34)10-17)22-8-16(23-24(35)36-14-37-41(22)23)11-39-5-3-27(31,32)4-6-39/h1-2,7-8,14,17,20-21H,3-6,9-13H2,(H,38,42)(H2,35,36,37)/t20-,21+/m0/s1. The van der Waals surface area contributed by atoms with Crippen LogP contribution in [-0.4, -0.2) is 86.4 Å². The molecule has 3 N–H and O–H groups in total. The number of carbonyl (C=O) groups is 2. The van der Waals surface area contributed by atoms with E-state index in [1.165, 1.54) is 23.4 Å². The van der Waals surface area contributed by atoms with Crippen molar-refractivity contribution in [3.05, 3.63) is 46.7 Å². The molecule has 230 valence electrons. The molecule has 2 saturated heterocycles. The minimum absolute atomic E-state index is 0.0477. The summed E-state index contributed by atoms with van der Waals surface area (Å²) in [5.41, 5.74) is 8.54. The number of anilines is 1. The number of nitrogens with one attached hydrogen (secondary N) is 1. The Kier molecular flexibility index (Phi) is 7.48. The van der Waals surface area contributed by atoms with E-state index in [-0.39, 0.29) is 55.4 Å². The zero-order valence-corrected chi connectivity index (χ0v) is 23.6. The summed E-state index contributed by atoms with van der Waals surface area (Å²) < 4.78 is 70.2. The third-order valence-corrected chi connectivity index (χ3v) is 8.80. The molecule has 2 aromatic heterocycles. The molecule has 15 heteroatoms. The minimum atomic E-state index is -2.88. The van der Waals surface area contributed by atoms with E-state index in [9.17, 15) is 31.5 Å². The lowest BCUT2D eigenvalue weighted by Crippen LogP contribution is -2.47. The molecule has 3 aliphatic rings. The first-order valence-corrected chi connectivity index (χ1v) is 14.3. The summed E-state index contributed by atoms with van der Waals surface area (Å²) >= 11 is 6.36. The van der Waals surface area contributed by atoms with Gasteiger partial charge in [0, 0.05) is 63.3 Å². The fourth-order valence-electron chi connectivity index (χ4n) is 6.03. The predicted molar refractivity (Wildman–Crippen MR) is 148 cm³/mol. The molecular formula is C28H29ClF5N7O2. The highest BCUT2D eigenvalue weighted by Gasteiger charge is 2.51. The fourth-order valence-corrected chi connectivity index (χ4v) is 6.23. The first kappa shape index (κ1) is 29.5. The fraction of sp³-hybridized carbons (Fsp3) is 0.500. The van der Waals surface area contributed by atoms with Crippen molar-refractivity contribution in [2.45, 2.75) is 56.3 Å². The number of alkyl halides is 5. The Morgan fingerprint density at radius 2 is 1.79 bits per heavy atom. The molecule has 0 unspecified atom stereocenters. The van der Waals surface area contributed by atoms with Crippen LogP contribution >= 0.6 is 11.6 Å². The normalized spacial score (nSPS) is 23.8. The van der Waals surface area contributed by atoms with E-state index in [1.807, 2.05) is 4.90 Å². The number of aromatic nitrogens is 3. The summed E-state index contributed by atoms with van der Waals surface area (Å²) in [5.74, 6) is -7.42. The van der Waals surface area contributed by atoms with Gasteiger partial charge in [-0.15, -0.1) is 0 Å². The summed E-state index contributed by atoms with van der Waals surface area (Å²) in [4.78, 5) is 33.0. The van der Waals surface area contributed by atoms with Gasteiger partial charge in [0.05, 0.1) is 28.9 Å². The predicted octanol–water partition coefficient (Wildman–Crippen LogP) is 4.19. The van der Waals surface area contributed by atoms with Crippen LogP contribution in [0.3, 0.4) is 0 Å². The average molecular weight is 626 g/mol. The molecule has 2 atom stereocenters. The van der Waals surface area contributed by atoms with Gasteiger partial charge >= 0.3 is 0 Å². The number of hydrogen-bond acceptors (Lipinski definition) is 6. The Morgan fingerprint density at radius 1 is 1.07 bits per heavy atom. The lowest BCUT2D eigenvalue weighted by Gasteiger charge is -2.36. The van der Waals surface area contributed by atoms with Gasteiger partial charge in [-0.2, -0.15) is 5.10 Å². The van der Waals surface area contributed by atoms with Gasteiger partial charge in [0.25, 0.3) is 11.8 Å². The molecule has 6 rings (SSSR count). The molecule has 4 heterocycles. The Hall–Kier alpha value is -3.52. The Bertz CT molecular complexity index is 1570. The maximum atomic E-state index is 14.8. The van der Waals surface area contributed by atoms with Crippen LogP contribution in [-0.2, 0) is 11.3 Å². The number of nitrogens with two attached hydrogens (primary N) is 1. The van der Waals surface area contributed by atoms with Gasteiger partial charge < -0.3 is 16.0 Å². The molecule has 1 saturated carbocycles. The third kappa shape index (κ3) is 5.86. The molecular weight excluding hydrogens is 597 g/mol. The van der Waals surface area contributed by atoms with E-state index in [0.29, 0.717) is 23.3 Å². The van der Waals surface area contributed by atoms with Crippen molar-refractivity contribution in [2.24, 2.45) is 5.92 Å². The molecule has 1 aromatic carbocycles. The van der Waals surface area contributed by atoms with Crippen molar-refractivity contribution in [2.75, 3.05) is 31.9 Å². The van der Waals surface area contributed by atoms with Crippen LogP contribution in [0.2, 0.25) is 5.02 Å². The third-order valence-electron chi connectivity index (χ3n) is 8.47. The Balaban J connectivity index is 1.21. The molecule has 3 fully saturated rings. The van der Waals surface area contributed by atoms with Crippen LogP contribution in [0.5, 0.6) is 0 Å². The minimum Gasteiger partial charge on any atom is -0.382 e. The molecule has 1 aliphatic carbocycles. The number of nitrogens with zero attached hydrogens (tertiary/aromatic N) is 5. The van der Waals surface area contributed by atoms with E-state index < -0.39 is 54.6 Å². The van der Waals surface area contributed by atoms with E-state index in [4.69, 9.17) is 17.3 Å². The smallest absolute Gasteiger partial charge is 0.253 e. The number of benzene rings is 1. The molecule has 0 radical (unpaired) electrons. The van der Waals surface area contributed by atoms with Crippen LogP contribution in [0.15, 0.2) is 30.6 Å². The number of nitrogen functional groups attached to an aromatic ring is 1. The SMILES string of the molecule is Nc1ncnn2c(-c3ccc(Cl)c(C(=O)N[C@@H]4CN(C(=O)C5CC(F)(F)C5)C[C@@H]4F)c3)cc(CN3CCC(F)(F)CC3)c12. The van der Waals surface area contributed by atoms with Crippen LogP contribution < -0.4 is 11.1 Å². The summed E-state index contributed by atoms with van der Waals surface area (Å²) in [6, 6.07) is 5.47. The summed E-state index contributed by atoms with van der Waals surface area (Å²) in [5, 5.41) is 7.02. The average Bonchev–Trinajstić information content (AvgIpc) is 3.49. The van der Waals surface area contributed by atoms with Crippen molar-refractivity contribution in [3.63, 3.8) is 0 Å². The van der Waals surface area contributed by atoms with Gasteiger partial charge in [-0.05, 0) is 23.8 Å². The summed E-state index contributed by atoms with van der Waals surface area (Å²) in [6.45, 7) is 0.326. The highest BCUT2D eigenvalue weighted by atomic mass is 35.5. The zero-order valence-electron chi connectivity index (χ0n) is 22.9. The first-order valence-electron chi connectivity index (χ1n) is 13.9. The van der Waals surface area contributed by atoms with Crippen molar-refractivity contribution in [1.82, 2.24) is 29.7 Å². The van der Waals surface area contributed by atoms with E-state index in [0.717, 1.165) is 5.56 Å². The van der Waals surface area contributed by atoms with Crippen LogP contribution in [0.1, 0.15) is 41.6 Å². The molecule has 9 nitrogen and oxygen atoms in total. The van der Waals surface area contributed by atoms with Gasteiger partial charge in [-0.1, -0.05) is 17.7 Å². The van der Waals surface area contributed by atoms with E-state index in [2.05, 4.69) is 15.4 Å². The molecule has 0 bridgehead atoms. The van der Waals surface area contributed by atoms with Crippen LogP contribution in [0.4, 0.5) is 27.8 Å². The van der Waals surface area contributed by atoms with Crippen molar-refractivity contribution in [1.29, 1.82) is 0 Å². The van der Waals surface area contributed by atoms with Crippen LogP contribution in [0, 0.1) is 5.92 Å². The molecule has 3 aromatic rings. The first-order chi connectivity index (χ1) is 20.3. The molecule has 2 aliphatic heterocycles. The second-order valence-corrected chi connectivity index (χ2v) is 12.0. The Morgan fingerprint density at radius 3 is 2.49 bits per heavy atom. The largest absolute Gasteiger partial charge is 0.382 e. The van der Waals surface area contributed by atoms with Crippen molar-refractivity contribution >= 4 is 34.7 Å². The quantitative estimate of drug-likeness (QED) is 0.398. The second kappa shape index (κ2) is 10.9. The molecule has 2 amide bonds. The highest BCUT2D eigenvalue weighted by Crippen LogP contribution is 2.43. The maximum Gasteiger partial charge on any atom is 0.253 e. The molecule has 0 spiro atoms. The van der Waals surface area contributed by atoms with Gasteiger partial charge in [0.1, 0.15) is 18.0 Å². The Labute approximate surface area is 248 Å². The number of rotatable bonds is 6.